The van der Waals surface area contributed by atoms with Crippen LogP contribution in [0.3, 0.4) is 0 Å². The number of amides is 2. The zero-order valence-electron chi connectivity index (χ0n) is 18.8. The molecule has 7 heteroatoms. The molecule has 6 nitrogen and oxygen atoms in total. The number of nitrogens with one attached hydrogen (secondary N) is 2. The number of carbonyl (C=O) groups excluding carboxylic acids is 2. The molecule has 0 aliphatic rings. The minimum atomic E-state index is -0.753. The van der Waals surface area contributed by atoms with Gasteiger partial charge in [0.1, 0.15) is 11.0 Å². The van der Waals surface area contributed by atoms with Crippen LogP contribution in [0.2, 0.25) is 0 Å². The number of anilines is 1. The Labute approximate surface area is 203 Å². The summed E-state index contributed by atoms with van der Waals surface area (Å²) in [6.45, 7) is 1.97. The Bertz CT molecular complexity index is 1210. The van der Waals surface area contributed by atoms with Crippen molar-refractivity contribution in [1.82, 2.24) is 15.5 Å². The van der Waals surface area contributed by atoms with Crippen molar-refractivity contribution in [2.45, 2.75) is 31.7 Å². The van der Waals surface area contributed by atoms with Gasteiger partial charge in [-0.05, 0) is 17.5 Å². The molecule has 172 valence electrons. The van der Waals surface area contributed by atoms with Gasteiger partial charge in [0, 0.05) is 12.0 Å². The minimum absolute atomic E-state index is 0.174. The molecule has 0 aliphatic heterocycles. The molecule has 2 N–H and O–H groups in total. The SMILES string of the molecule is CCC(C(=O)NC(Cc1ccccc1)C(=O)Nc1nnc(-c2ccccc2)s1)c1ccccc1. The smallest absolute Gasteiger partial charge is 0.249 e. The van der Waals surface area contributed by atoms with Gasteiger partial charge in [-0.25, -0.2) is 0 Å². The summed E-state index contributed by atoms with van der Waals surface area (Å²) in [6.07, 6.45) is 1.00. The molecule has 0 fully saturated rings. The van der Waals surface area contributed by atoms with Crippen LogP contribution in [0, 0.1) is 0 Å². The Hall–Kier alpha value is -3.84. The summed E-state index contributed by atoms with van der Waals surface area (Å²) in [5.74, 6) is -0.832. The van der Waals surface area contributed by atoms with E-state index in [1.165, 1.54) is 11.3 Å². The van der Waals surface area contributed by atoms with E-state index >= 15 is 0 Å². The lowest BCUT2D eigenvalue weighted by atomic mass is 9.94. The summed E-state index contributed by atoms with van der Waals surface area (Å²) in [7, 11) is 0. The average molecular weight is 471 g/mol. The summed E-state index contributed by atoms with van der Waals surface area (Å²) >= 11 is 1.30. The summed E-state index contributed by atoms with van der Waals surface area (Å²) < 4.78 is 0. The number of hydrogen-bond donors (Lipinski definition) is 2. The van der Waals surface area contributed by atoms with E-state index in [2.05, 4.69) is 20.8 Å². The fraction of sp³-hybridized carbons (Fsp3) is 0.185. The molecule has 2 atom stereocenters. The minimum Gasteiger partial charge on any atom is -0.343 e. The van der Waals surface area contributed by atoms with Gasteiger partial charge in [-0.15, -0.1) is 10.2 Å². The van der Waals surface area contributed by atoms with Gasteiger partial charge in [0.05, 0.1) is 5.92 Å². The van der Waals surface area contributed by atoms with Gasteiger partial charge in [0.25, 0.3) is 0 Å². The van der Waals surface area contributed by atoms with Gasteiger partial charge in [-0.1, -0.05) is 109 Å². The first-order valence-corrected chi connectivity index (χ1v) is 12.0. The molecule has 4 aromatic rings. The van der Waals surface area contributed by atoms with Crippen LogP contribution in [0.1, 0.15) is 30.4 Å². The highest BCUT2D eigenvalue weighted by Crippen LogP contribution is 2.26. The maximum atomic E-state index is 13.3. The van der Waals surface area contributed by atoms with Crippen molar-refractivity contribution in [3.05, 3.63) is 102 Å². The molecule has 0 aliphatic carbocycles. The Morgan fingerprint density at radius 3 is 2.09 bits per heavy atom. The lowest BCUT2D eigenvalue weighted by Gasteiger charge is -2.22. The number of hydrogen-bond acceptors (Lipinski definition) is 5. The van der Waals surface area contributed by atoms with Crippen LogP contribution < -0.4 is 10.6 Å². The Kier molecular flexibility index (Phi) is 7.78. The maximum Gasteiger partial charge on any atom is 0.249 e. The first-order chi connectivity index (χ1) is 16.6. The van der Waals surface area contributed by atoms with Crippen LogP contribution in [0.25, 0.3) is 10.6 Å². The van der Waals surface area contributed by atoms with Gasteiger partial charge in [0.15, 0.2) is 0 Å². The first kappa shape index (κ1) is 23.3. The first-order valence-electron chi connectivity index (χ1n) is 11.2. The van der Waals surface area contributed by atoms with E-state index in [0.29, 0.717) is 18.0 Å². The second kappa shape index (κ2) is 11.3. The highest BCUT2D eigenvalue weighted by atomic mass is 32.1. The molecule has 0 saturated carbocycles. The normalized spacial score (nSPS) is 12.5. The lowest BCUT2D eigenvalue weighted by Crippen LogP contribution is -2.46. The topological polar surface area (TPSA) is 84.0 Å². The molecule has 2 amide bonds. The Morgan fingerprint density at radius 1 is 0.824 bits per heavy atom. The van der Waals surface area contributed by atoms with Crippen molar-refractivity contribution in [3.8, 4) is 10.6 Å². The van der Waals surface area contributed by atoms with Gasteiger partial charge >= 0.3 is 0 Å². The van der Waals surface area contributed by atoms with E-state index in [1.807, 2.05) is 97.9 Å². The van der Waals surface area contributed by atoms with Crippen LogP contribution in [0.4, 0.5) is 5.13 Å². The van der Waals surface area contributed by atoms with Crippen molar-refractivity contribution in [1.29, 1.82) is 0 Å². The summed E-state index contributed by atoms with van der Waals surface area (Å²) in [6, 6.07) is 28.2. The van der Waals surface area contributed by atoms with Crippen LogP contribution in [-0.4, -0.2) is 28.1 Å². The van der Waals surface area contributed by atoms with Gasteiger partial charge < -0.3 is 5.32 Å². The molecule has 0 saturated heterocycles. The van der Waals surface area contributed by atoms with Crippen molar-refractivity contribution in [2.24, 2.45) is 0 Å². The average Bonchev–Trinajstić information content (AvgIpc) is 3.34. The highest BCUT2D eigenvalue weighted by molar-refractivity contribution is 7.18. The standard InChI is InChI=1S/C27H26N4O2S/c1-2-22(20-14-8-4-9-15-20)24(32)28-23(18-19-12-6-3-7-13-19)25(33)29-27-31-30-26(34-27)21-16-10-5-11-17-21/h3-17,22-23H,2,18H2,1H3,(H,28,32)(H,29,31,33). The van der Waals surface area contributed by atoms with E-state index in [4.69, 9.17) is 0 Å². The van der Waals surface area contributed by atoms with Gasteiger partial charge in [-0.3, -0.25) is 14.9 Å². The number of nitrogens with zero attached hydrogens (tertiary/aromatic N) is 2. The van der Waals surface area contributed by atoms with Crippen molar-refractivity contribution < 1.29 is 9.59 Å². The van der Waals surface area contributed by atoms with Crippen molar-refractivity contribution in [2.75, 3.05) is 5.32 Å². The van der Waals surface area contributed by atoms with Crippen LogP contribution in [0.15, 0.2) is 91.0 Å². The number of carbonyl (C=O) groups is 2. The van der Waals surface area contributed by atoms with Gasteiger partial charge in [0.2, 0.25) is 16.9 Å². The third-order valence-electron chi connectivity index (χ3n) is 5.52. The molecule has 0 spiro atoms. The molecular weight excluding hydrogens is 444 g/mol. The highest BCUT2D eigenvalue weighted by Gasteiger charge is 2.27. The molecule has 2 unspecified atom stereocenters. The van der Waals surface area contributed by atoms with Crippen LogP contribution in [-0.2, 0) is 16.0 Å². The summed E-state index contributed by atoms with van der Waals surface area (Å²) in [4.78, 5) is 26.5. The van der Waals surface area contributed by atoms with E-state index in [9.17, 15) is 9.59 Å². The lowest BCUT2D eigenvalue weighted by molar-refractivity contribution is -0.127. The van der Waals surface area contributed by atoms with E-state index in [1.54, 1.807) is 0 Å². The molecule has 0 radical (unpaired) electrons. The monoisotopic (exact) mass is 470 g/mol. The van der Waals surface area contributed by atoms with Crippen molar-refractivity contribution >= 4 is 28.3 Å². The van der Waals surface area contributed by atoms with E-state index in [-0.39, 0.29) is 17.7 Å². The number of benzene rings is 3. The second-order valence-electron chi connectivity index (χ2n) is 7.89. The fourth-order valence-electron chi connectivity index (χ4n) is 3.75. The Morgan fingerprint density at radius 2 is 1.44 bits per heavy atom. The fourth-order valence-corrected chi connectivity index (χ4v) is 4.50. The third-order valence-corrected chi connectivity index (χ3v) is 6.41. The maximum absolute atomic E-state index is 13.3. The third kappa shape index (κ3) is 5.94. The summed E-state index contributed by atoms with van der Waals surface area (Å²) in [5, 5.41) is 15.3. The molecule has 3 aromatic carbocycles. The predicted octanol–water partition coefficient (Wildman–Crippen LogP) is 5.06. The molecule has 1 aromatic heterocycles. The van der Waals surface area contributed by atoms with E-state index in [0.717, 1.165) is 21.7 Å². The van der Waals surface area contributed by atoms with Gasteiger partial charge in [-0.2, -0.15) is 0 Å². The Balaban J connectivity index is 1.51. The molecular formula is C27H26N4O2S. The van der Waals surface area contributed by atoms with Crippen LogP contribution >= 0.6 is 11.3 Å². The zero-order chi connectivity index (χ0) is 23.8. The summed E-state index contributed by atoms with van der Waals surface area (Å²) in [5.41, 5.74) is 2.82. The van der Waals surface area contributed by atoms with E-state index < -0.39 is 6.04 Å². The predicted molar refractivity (Wildman–Crippen MR) is 136 cm³/mol. The zero-order valence-corrected chi connectivity index (χ0v) is 19.7. The van der Waals surface area contributed by atoms with Crippen molar-refractivity contribution in [3.63, 3.8) is 0 Å². The molecule has 1 heterocycles. The number of aromatic nitrogens is 2. The number of rotatable bonds is 9. The quantitative estimate of drug-likeness (QED) is 0.358. The molecule has 0 bridgehead atoms. The second-order valence-corrected chi connectivity index (χ2v) is 8.87. The van der Waals surface area contributed by atoms with Crippen LogP contribution in [0.5, 0.6) is 0 Å². The molecule has 4 rings (SSSR count). The molecule has 34 heavy (non-hydrogen) atoms. The largest absolute Gasteiger partial charge is 0.343 e.